The third kappa shape index (κ3) is 2.20. The van der Waals surface area contributed by atoms with E-state index in [1.54, 1.807) is 0 Å². The van der Waals surface area contributed by atoms with Crippen molar-refractivity contribution in [2.75, 3.05) is 5.32 Å². The number of hydrogen-bond acceptors (Lipinski definition) is 3. The molecule has 1 N–H and O–H groups in total. The van der Waals surface area contributed by atoms with Gasteiger partial charge in [0.05, 0.1) is 5.69 Å². The monoisotopic (exact) mass is 238 g/mol. The van der Waals surface area contributed by atoms with Crippen molar-refractivity contribution in [1.82, 2.24) is 0 Å². The fourth-order valence-corrected chi connectivity index (χ4v) is 1.94. The Labute approximate surface area is 106 Å². The van der Waals surface area contributed by atoms with E-state index >= 15 is 0 Å². The van der Waals surface area contributed by atoms with Crippen LogP contribution in [0, 0.1) is 6.92 Å². The Morgan fingerprint density at radius 1 is 1.11 bits per heavy atom. The summed E-state index contributed by atoms with van der Waals surface area (Å²) < 4.78 is 5.60. The van der Waals surface area contributed by atoms with Gasteiger partial charge in [0.15, 0.2) is 0 Å². The molecule has 3 nitrogen and oxygen atoms in total. The second kappa shape index (κ2) is 4.53. The minimum absolute atomic E-state index is 0.553. The minimum atomic E-state index is 0.553. The quantitative estimate of drug-likeness (QED) is 0.823. The first-order chi connectivity index (χ1) is 8.81. The van der Waals surface area contributed by atoms with E-state index in [1.165, 1.54) is 5.56 Å². The number of aryl methyl sites for hydroxylation is 1. The number of ether oxygens (including phenoxy) is 1. The van der Waals surface area contributed by atoms with Gasteiger partial charge in [-0.15, -0.1) is 0 Å². The first-order valence-corrected chi connectivity index (χ1v) is 5.94. The van der Waals surface area contributed by atoms with Crippen LogP contribution in [0.4, 0.5) is 11.4 Å². The molecule has 0 bridgehead atoms. The van der Waals surface area contributed by atoms with E-state index in [-0.39, 0.29) is 0 Å². The molecule has 1 heterocycles. The van der Waals surface area contributed by atoms with Crippen molar-refractivity contribution < 1.29 is 4.74 Å². The lowest BCUT2D eigenvalue weighted by atomic mass is 10.1. The highest BCUT2D eigenvalue weighted by Crippen LogP contribution is 2.25. The first-order valence-electron chi connectivity index (χ1n) is 5.94. The minimum Gasteiger partial charge on any atom is -0.460 e. The van der Waals surface area contributed by atoms with Gasteiger partial charge in [0.25, 0.3) is 6.02 Å². The second-order valence-electron chi connectivity index (χ2n) is 4.33. The average molecular weight is 238 g/mol. The molecule has 3 rings (SSSR count). The predicted molar refractivity (Wildman–Crippen MR) is 73.1 cm³/mol. The molecule has 0 saturated heterocycles. The highest BCUT2D eigenvalue weighted by molar-refractivity contribution is 5.92. The Morgan fingerprint density at radius 3 is 2.78 bits per heavy atom. The number of amidine groups is 1. The van der Waals surface area contributed by atoms with Crippen LogP contribution in [0.5, 0.6) is 0 Å². The number of para-hydroxylation sites is 1. The molecule has 1 aliphatic heterocycles. The topological polar surface area (TPSA) is 33.6 Å². The summed E-state index contributed by atoms with van der Waals surface area (Å²) in [4.78, 5) is 4.47. The summed E-state index contributed by atoms with van der Waals surface area (Å²) in [5.41, 5.74) is 4.32. The molecular formula is C15H14N2O. The molecule has 2 aromatic carbocycles. The fraction of sp³-hybridized carbons (Fsp3) is 0.133. The molecular weight excluding hydrogens is 224 g/mol. The van der Waals surface area contributed by atoms with Crippen LogP contribution in [0.25, 0.3) is 0 Å². The van der Waals surface area contributed by atoms with Gasteiger partial charge in [-0.05, 0) is 25.1 Å². The van der Waals surface area contributed by atoms with E-state index in [4.69, 9.17) is 4.74 Å². The molecule has 18 heavy (non-hydrogen) atoms. The summed E-state index contributed by atoms with van der Waals surface area (Å²) in [7, 11) is 0. The third-order valence-electron chi connectivity index (χ3n) is 2.85. The standard InChI is InChI=1S/C15H14N2O/c1-11-7-8-14-12(9-11)10-18-15(17-14)16-13-5-3-2-4-6-13/h2-9H,10H2,1H3,(H,16,17). The van der Waals surface area contributed by atoms with Crippen molar-refractivity contribution in [3.63, 3.8) is 0 Å². The van der Waals surface area contributed by atoms with E-state index < -0.39 is 0 Å². The van der Waals surface area contributed by atoms with Crippen molar-refractivity contribution >= 4 is 17.4 Å². The van der Waals surface area contributed by atoms with Crippen LogP contribution in [0.15, 0.2) is 53.5 Å². The van der Waals surface area contributed by atoms with Crippen molar-refractivity contribution in [2.45, 2.75) is 13.5 Å². The molecule has 0 unspecified atom stereocenters. The lowest BCUT2D eigenvalue weighted by Gasteiger charge is -2.18. The summed E-state index contributed by atoms with van der Waals surface area (Å²) >= 11 is 0. The van der Waals surface area contributed by atoms with Crippen LogP contribution in [0.1, 0.15) is 11.1 Å². The van der Waals surface area contributed by atoms with Crippen LogP contribution >= 0.6 is 0 Å². The van der Waals surface area contributed by atoms with Gasteiger partial charge in [0.2, 0.25) is 0 Å². The Bertz CT molecular complexity index is 591. The Kier molecular flexibility index (Phi) is 2.73. The maximum absolute atomic E-state index is 5.60. The van der Waals surface area contributed by atoms with Crippen molar-refractivity contribution in [3.05, 3.63) is 59.7 Å². The fourth-order valence-electron chi connectivity index (χ4n) is 1.94. The van der Waals surface area contributed by atoms with E-state index in [0.717, 1.165) is 16.9 Å². The zero-order chi connectivity index (χ0) is 12.4. The molecule has 0 spiro atoms. The van der Waals surface area contributed by atoms with Crippen LogP contribution in [0.2, 0.25) is 0 Å². The van der Waals surface area contributed by atoms with Gasteiger partial charge in [-0.3, -0.25) is 0 Å². The van der Waals surface area contributed by atoms with Crippen molar-refractivity contribution in [1.29, 1.82) is 0 Å². The molecule has 0 radical (unpaired) electrons. The number of rotatable bonds is 1. The van der Waals surface area contributed by atoms with Crippen LogP contribution in [-0.2, 0) is 11.3 Å². The lowest BCUT2D eigenvalue weighted by molar-refractivity contribution is 0.286. The zero-order valence-electron chi connectivity index (χ0n) is 10.2. The van der Waals surface area contributed by atoms with Gasteiger partial charge >= 0.3 is 0 Å². The lowest BCUT2D eigenvalue weighted by Crippen LogP contribution is -2.18. The average Bonchev–Trinajstić information content (AvgIpc) is 2.40. The second-order valence-corrected chi connectivity index (χ2v) is 4.33. The van der Waals surface area contributed by atoms with Crippen LogP contribution in [-0.4, -0.2) is 6.02 Å². The third-order valence-corrected chi connectivity index (χ3v) is 2.85. The number of nitrogens with zero attached hydrogens (tertiary/aromatic N) is 1. The predicted octanol–water partition coefficient (Wildman–Crippen LogP) is 3.62. The maximum Gasteiger partial charge on any atom is 0.294 e. The van der Waals surface area contributed by atoms with Gasteiger partial charge in [0, 0.05) is 11.3 Å². The summed E-state index contributed by atoms with van der Waals surface area (Å²) in [5, 5.41) is 3.16. The van der Waals surface area contributed by atoms with E-state index in [2.05, 4.69) is 29.4 Å². The summed E-state index contributed by atoms with van der Waals surface area (Å²) in [5.74, 6) is 0. The van der Waals surface area contributed by atoms with Gasteiger partial charge in [-0.1, -0.05) is 35.9 Å². The number of hydrogen-bond donors (Lipinski definition) is 1. The SMILES string of the molecule is Cc1ccc2c(c1)COC(Nc1ccccc1)=N2. The van der Waals surface area contributed by atoms with Crippen LogP contribution < -0.4 is 5.32 Å². The summed E-state index contributed by atoms with van der Waals surface area (Å²) in [6.45, 7) is 2.64. The molecule has 0 atom stereocenters. The van der Waals surface area contributed by atoms with Crippen molar-refractivity contribution in [2.24, 2.45) is 4.99 Å². The smallest absolute Gasteiger partial charge is 0.294 e. The molecule has 2 aromatic rings. The van der Waals surface area contributed by atoms with E-state index in [9.17, 15) is 0 Å². The summed E-state index contributed by atoms with van der Waals surface area (Å²) in [6.07, 6.45) is 0. The van der Waals surface area contributed by atoms with Gasteiger partial charge < -0.3 is 10.1 Å². The molecule has 0 fully saturated rings. The normalized spacial score (nSPS) is 13.3. The number of fused-ring (bicyclic) bond motifs is 1. The molecule has 0 amide bonds. The maximum atomic E-state index is 5.60. The van der Waals surface area contributed by atoms with Gasteiger partial charge in [0.1, 0.15) is 6.61 Å². The number of nitrogens with one attached hydrogen (secondary N) is 1. The van der Waals surface area contributed by atoms with Gasteiger partial charge in [-0.25, -0.2) is 0 Å². The van der Waals surface area contributed by atoms with Crippen LogP contribution in [0.3, 0.4) is 0 Å². The Morgan fingerprint density at radius 2 is 1.94 bits per heavy atom. The zero-order valence-corrected chi connectivity index (χ0v) is 10.2. The van der Waals surface area contributed by atoms with E-state index in [1.807, 2.05) is 36.4 Å². The molecule has 0 saturated carbocycles. The highest BCUT2D eigenvalue weighted by atomic mass is 16.5. The number of aliphatic imine (C=N–C) groups is 1. The Balaban J connectivity index is 1.85. The molecule has 0 aliphatic carbocycles. The number of benzene rings is 2. The number of anilines is 1. The van der Waals surface area contributed by atoms with E-state index in [0.29, 0.717) is 12.6 Å². The van der Waals surface area contributed by atoms with Crippen molar-refractivity contribution in [3.8, 4) is 0 Å². The molecule has 90 valence electrons. The Hall–Kier alpha value is -2.29. The molecule has 1 aliphatic rings. The largest absolute Gasteiger partial charge is 0.460 e. The van der Waals surface area contributed by atoms with Gasteiger partial charge in [-0.2, -0.15) is 4.99 Å². The summed E-state index contributed by atoms with van der Waals surface area (Å²) in [6, 6.07) is 16.6. The molecule has 3 heteroatoms. The first kappa shape index (κ1) is 10.8. The molecule has 0 aromatic heterocycles. The highest BCUT2D eigenvalue weighted by Gasteiger charge is 2.12.